The van der Waals surface area contributed by atoms with Crippen molar-refractivity contribution >= 4 is 26.9 Å². The van der Waals surface area contributed by atoms with Crippen LogP contribution in [0.5, 0.6) is 0 Å². The lowest BCUT2D eigenvalue weighted by Gasteiger charge is -2.31. The van der Waals surface area contributed by atoms with Crippen molar-refractivity contribution < 1.29 is 13.2 Å². The van der Waals surface area contributed by atoms with Crippen molar-refractivity contribution in [3.05, 3.63) is 47.9 Å². The second-order valence-corrected chi connectivity index (χ2v) is 9.13. The Labute approximate surface area is 162 Å². The predicted molar refractivity (Wildman–Crippen MR) is 103 cm³/mol. The number of aromatic amines is 1. The molecule has 146 valence electrons. The van der Waals surface area contributed by atoms with Crippen molar-refractivity contribution in [2.75, 3.05) is 19.3 Å². The van der Waals surface area contributed by atoms with E-state index in [1.54, 1.807) is 36.7 Å². The van der Waals surface area contributed by atoms with Gasteiger partial charge in [-0.05, 0) is 30.5 Å². The van der Waals surface area contributed by atoms with Crippen LogP contribution in [0.1, 0.15) is 30.0 Å². The van der Waals surface area contributed by atoms with E-state index in [9.17, 15) is 13.2 Å². The lowest BCUT2D eigenvalue weighted by molar-refractivity contribution is -0.131. The molecule has 1 aromatic carbocycles. The number of piperidine rings is 1. The van der Waals surface area contributed by atoms with E-state index < -0.39 is 9.84 Å². The van der Waals surface area contributed by atoms with Gasteiger partial charge in [0.25, 0.3) is 0 Å². The van der Waals surface area contributed by atoms with Gasteiger partial charge in [-0.15, -0.1) is 0 Å². The highest BCUT2D eigenvalue weighted by atomic mass is 32.2. The van der Waals surface area contributed by atoms with Gasteiger partial charge in [0.05, 0.1) is 17.0 Å². The Morgan fingerprint density at radius 3 is 2.50 bits per heavy atom. The van der Waals surface area contributed by atoms with E-state index in [0.717, 1.165) is 29.6 Å². The zero-order chi connectivity index (χ0) is 19.7. The van der Waals surface area contributed by atoms with E-state index in [1.165, 1.54) is 6.26 Å². The van der Waals surface area contributed by atoms with Crippen LogP contribution in [-0.4, -0.2) is 58.7 Å². The minimum Gasteiger partial charge on any atom is -0.342 e. The molecule has 1 N–H and O–H groups in total. The standard InChI is InChI=1S/C19H21N5O3S/c1-28(26,27)15-4-2-13(3-5-15)12-16(25)24-10-6-14(7-11-24)17-18-19(23-22-17)21-9-8-20-18/h2-5,8-9,14H,6-7,10-12H2,1H3,(H,21,22,23). The maximum absolute atomic E-state index is 12.6. The molecule has 1 saturated heterocycles. The number of H-pyrrole nitrogens is 1. The highest BCUT2D eigenvalue weighted by molar-refractivity contribution is 7.90. The fourth-order valence-electron chi connectivity index (χ4n) is 3.61. The summed E-state index contributed by atoms with van der Waals surface area (Å²) in [5.41, 5.74) is 3.23. The second kappa shape index (κ2) is 7.31. The summed E-state index contributed by atoms with van der Waals surface area (Å²) in [6, 6.07) is 6.51. The van der Waals surface area contributed by atoms with Gasteiger partial charge in [0.15, 0.2) is 15.5 Å². The van der Waals surface area contributed by atoms with E-state index in [0.29, 0.717) is 18.7 Å². The average Bonchev–Trinajstić information content (AvgIpc) is 3.12. The molecule has 0 saturated carbocycles. The predicted octanol–water partition coefficient (Wildman–Crippen LogP) is 1.71. The van der Waals surface area contributed by atoms with Crippen molar-refractivity contribution in [1.29, 1.82) is 0 Å². The largest absolute Gasteiger partial charge is 0.342 e. The molecule has 0 aliphatic carbocycles. The molecule has 4 rings (SSSR count). The number of hydrogen-bond donors (Lipinski definition) is 1. The fraction of sp³-hybridized carbons (Fsp3) is 0.368. The number of carbonyl (C=O) groups excluding carboxylic acids is 1. The number of nitrogens with one attached hydrogen (secondary N) is 1. The Hall–Kier alpha value is -2.81. The zero-order valence-electron chi connectivity index (χ0n) is 15.5. The zero-order valence-corrected chi connectivity index (χ0v) is 16.3. The third-order valence-electron chi connectivity index (χ3n) is 5.18. The van der Waals surface area contributed by atoms with Gasteiger partial charge in [0.2, 0.25) is 5.91 Å². The van der Waals surface area contributed by atoms with E-state index in [4.69, 9.17) is 0 Å². The third-order valence-corrected chi connectivity index (χ3v) is 6.31. The SMILES string of the molecule is CS(=O)(=O)c1ccc(CC(=O)N2CCC(c3[nH]nc4nccnc34)CC2)cc1. The highest BCUT2D eigenvalue weighted by Gasteiger charge is 2.26. The fourth-order valence-corrected chi connectivity index (χ4v) is 4.24. The summed E-state index contributed by atoms with van der Waals surface area (Å²) in [6.07, 6.45) is 6.41. The minimum atomic E-state index is -3.22. The number of nitrogens with zero attached hydrogens (tertiary/aromatic N) is 4. The van der Waals surface area contributed by atoms with Crippen LogP contribution in [-0.2, 0) is 21.1 Å². The van der Waals surface area contributed by atoms with E-state index in [-0.39, 0.29) is 23.1 Å². The Balaban J connectivity index is 1.37. The molecule has 0 atom stereocenters. The first-order valence-corrected chi connectivity index (χ1v) is 11.0. The lowest BCUT2D eigenvalue weighted by Crippen LogP contribution is -2.38. The third kappa shape index (κ3) is 3.75. The first kappa shape index (κ1) is 18.5. The molecule has 0 unspecified atom stereocenters. The van der Waals surface area contributed by atoms with Gasteiger partial charge in [-0.1, -0.05) is 12.1 Å². The molecule has 1 aliphatic heterocycles. The number of carbonyl (C=O) groups is 1. The van der Waals surface area contributed by atoms with Gasteiger partial charge < -0.3 is 4.90 Å². The monoisotopic (exact) mass is 399 g/mol. The van der Waals surface area contributed by atoms with E-state index in [1.807, 2.05) is 4.90 Å². The van der Waals surface area contributed by atoms with Gasteiger partial charge >= 0.3 is 0 Å². The smallest absolute Gasteiger partial charge is 0.226 e. The molecule has 0 radical (unpaired) electrons. The molecule has 3 aromatic rings. The summed E-state index contributed by atoms with van der Waals surface area (Å²) in [4.78, 5) is 23.3. The normalized spacial score (nSPS) is 15.8. The first-order chi connectivity index (χ1) is 13.4. The molecule has 0 spiro atoms. The summed E-state index contributed by atoms with van der Waals surface area (Å²) in [6.45, 7) is 1.34. The number of hydrogen-bond acceptors (Lipinski definition) is 6. The second-order valence-electron chi connectivity index (χ2n) is 7.11. The molecule has 1 aliphatic rings. The molecule has 3 heterocycles. The van der Waals surface area contributed by atoms with Crippen LogP contribution in [0.15, 0.2) is 41.6 Å². The number of aromatic nitrogens is 4. The molecule has 9 heteroatoms. The van der Waals surface area contributed by atoms with Gasteiger partial charge in [-0.25, -0.2) is 18.4 Å². The van der Waals surface area contributed by atoms with E-state index >= 15 is 0 Å². The number of rotatable bonds is 4. The number of benzene rings is 1. The van der Waals surface area contributed by atoms with Crippen LogP contribution in [0.4, 0.5) is 0 Å². The Morgan fingerprint density at radius 2 is 1.82 bits per heavy atom. The molecule has 28 heavy (non-hydrogen) atoms. The summed E-state index contributed by atoms with van der Waals surface area (Å²) in [5, 5.41) is 7.26. The quantitative estimate of drug-likeness (QED) is 0.715. The van der Waals surface area contributed by atoms with Crippen LogP contribution in [0, 0.1) is 0 Å². The van der Waals surface area contributed by atoms with Crippen LogP contribution < -0.4 is 0 Å². The Kier molecular flexibility index (Phi) is 4.84. The number of sulfone groups is 1. The summed E-state index contributed by atoms with van der Waals surface area (Å²) >= 11 is 0. The van der Waals surface area contributed by atoms with Crippen LogP contribution in [0.2, 0.25) is 0 Å². The molecule has 1 amide bonds. The van der Waals surface area contributed by atoms with Crippen molar-refractivity contribution in [3.8, 4) is 0 Å². The highest BCUT2D eigenvalue weighted by Crippen LogP contribution is 2.30. The molecule has 2 aromatic heterocycles. The van der Waals surface area contributed by atoms with Crippen LogP contribution >= 0.6 is 0 Å². The van der Waals surface area contributed by atoms with Crippen LogP contribution in [0.25, 0.3) is 11.2 Å². The molecular weight excluding hydrogens is 378 g/mol. The first-order valence-electron chi connectivity index (χ1n) is 9.13. The summed E-state index contributed by atoms with van der Waals surface area (Å²) < 4.78 is 23.1. The summed E-state index contributed by atoms with van der Waals surface area (Å²) in [5.74, 6) is 0.333. The molecule has 0 bridgehead atoms. The lowest BCUT2D eigenvalue weighted by atomic mass is 9.92. The Bertz CT molecular complexity index is 1100. The van der Waals surface area contributed by atoms with Crippen LogP contribution in [0.3, 0.4) is 0 Å². The van der Waals surface area contributed by atoms with Crippen molar-refractivity contribution in [2.24, 2.45) is 0 Å². The minimum absolute atomic E-state index is 0.0554. The van der Waals surface area contributed by atoms with E-state index in [2.05, 4.69) is 20.2 Å². The number of fused-ring (bicyclic) bond motifs is 1. The average molecular weight is 399 g/mol. The van der Waals surface area contributed by atoms with Gasteiger partial charge in [-0.2, -0.15) is 5.10 Å². The number of likely N-dealkylation sites (tertiary alicyclic amines) is 1. The Morgan fingerprint density at radius 1 is 1.14 bits per heavy atom. The summed E-state index contributed by atoms with van der Waals surface area (Å²) in [7, 11) is -3.22. The number of amides is 1. The maximum Gasteiger partial charge on any atom is 0.226 e. The topological polar surface area (TPSA) is 109 Å². The van der Waals surface area contributed by atoms with Crippen molar-refractivity contribution in [3.63, 3.8) is 0 Å². The molecular formula is C19H21N5O3S. The molecule has 8 nitrogen and oxygen atoms in total. The van der Waals surface area contributed by atoms with Crippen molar-refractivity contribution in [2.45, 2.75) is 30.1 Å². The maximum atomic E-state index is 12.6. The molecule has 1 fully saturated rings. The van der Waals surface area contributed by atoms with Gasteiger partial charge in [-0.3, -0.25) is 9.89 Å². The van der Waals surface area contributed by atoms with Gasteiger partial charge in [0, 0.05) is 37.7 Å². The van der Waals surface area contributed by atoms with Gasteiger partial charge in [0.1, 0.15) is 5.52 Å². The van der Waals surface area contributed by atoms with Crippen molar-refractivity contribution in [1.82, 2.24) is 25.1 Å².